The topological polar surface area (TPSA) is 61.0 Å². The van der Waals surface area contributed by atoms with Crippen molar-refractivity contribution in [3.63, 3.8) is 0 Å². The van der Waals surface area contributed by atoms with Crippen molar-refractivity contribution in [2.24, 2.45) is 0 Å². The van der Waals surface area contributed by atoms with E-state index in [1.54, 1.807) is 7.11 Å². The highest BCUT2D eigenvalue weighted by Gasteiger charge is 2.11. The van der Waals surface area contributed by atoms with E-state index in [9.17, 15) is 0 Å². The lowest BCUT2D eigenvalue weighted by Crippen LogP contribution is -1.96. The third-order valence-electron chi connectivity index (χ3n) is 3.11. The maximum Gasteiger partial charge on any atom is 0.134 e. The molecule has 0 saturated carbocycles. The van der Waals surface area contributed by atoms with Gasteiger partial charge in [-0.25, -0.2) is 9.97 Å². The average molecular weight is 286 g/mol. The minimum absolute atomic E-state index is 0.428. The largest absolute Gasteiger partial charge is 0.497 e. The van der Waals surface area contributed by atoms with Crippen molar-refractivity contribution < 1.29 is 4.74 Å². The maximum atomic E-state index is 6.06. The molecule has 0 aliphatic carbocycles. The Hall–Kier alpha value is -2.33. The molecular formula is C15H12ClN3O. The van der Waals surface area contributed by atoms with Crippen LogP contribution in [0.1, 0.15) is 0 Å². The van der Waals surface area contributed by atoms with Crippen LogP contribution in [0.15, 0.2) is 42.7 Å². The molecule has 0 atom stereocenters. The minimum Gasteiger partial charge on any atom is -0.497 e. The number of benzene rings is 2. The fraction of sp³-hybridized carbons (Fsp3) is 0.0667. The second kappa shape index (κ2) is 4.98. The molecule has 0 aliphatic rings. The number of halogens is 1. The molecule has 0 radical (unpaired) electrons. The molecule has 0 bridgehead atoms. The van der Waals surface area contributed by atoms with Gasteiger partial charge in [-0.05, 0) is 29.8 Å². The number of nitrogens with two attached hydrogens (primary N) is 1. The van der Waals surface area contributed by atoms with E-state index in [1.165, 1.54) is 6.33 Å². The Morgan fingerprint density at radius 3 is 2.75 bits per heavy atom. The number of rotatable bonds is 2. The minimum atomic E-state index is 0.428. The van der Waals surface area contributed by atoms with Gasteiger partial charge in [0.1, 0.15) is 17.9 Å². The van der Waals surface area contributed by atoms with Crippen LogP contribution in [0.5, 0.6) is 5.75 Å². The molecule has 0 saturated heterocycles. The summed E-state index contributed by atoms with van der Waals surface area (Å²) < 4.78 is 5.33. The molecule has 0 amide bonds. The molecule has 0 fully saturated rings. The quantitative estimate of drug-likeness (QED) is 0.782. The normalized spacial score (nSPS) is 10.7. The van der Waals surface area contributed by atoms with Crippen molar-refractivity contribution >= 4 is 28.3 Å². The SMILES string of the molecule is COc1cc(-c2cccc(Cl)c2)c2ncnc(N)c2c1. The average Bonchev–Trinajstić information content (AvgIpc) is 2.47. The van der Waals surface area contributed by atoms with Gasteiger partial charge in [-0.15, -0.1) is 0 Å². The summed E-state index contributed by atoms with van der Waals surface area (Å²) in [5.74, 6) is 1.13. The van der Waals surface area contributed by atoms with Gasteiger partial charge in [0, 0.05) is 16.0 Å². The van der Waals surface area contributed by atoms with Crippen LogP contribution >= 0.6 is 11.6 Å². The van der Waals surface area contributed by atoms with Crippen molar-refractivity contribution in [2.45, 2.75) is 0 Å². The molecule has 0 aliphatic heterocycles. The standard InChI is InChI=1S/C15H12ClN3O/c1-20-11-6-12(9-3-2-4-10(16)5-9)14-13(7-11)15(17)19-8-18-14/h2-8H,1H3,(H2,17,18,19). The van der Waals surface area contributed by atoms with Crippen molar-refractivity contribution in [3.05, 3.63) is 47.7 Å². The van der Waals surface area contributed by atoms with Crippen molar-refractivity contribution in [2.75, 3.05) is 12.8 Å². The lowest BCUT2D eigenvalue weighted by molar-refractivity contribution is 0.415. The van der Waals surface area contributed by atoms with Gasteiger partial charge in [-0.3, -0.25) is 0 Å². The van der Waals surface area contributed by atoms with E-state index in [2.05, 4.69) is 9.97 Å². The first-order valence-corrected chi connectivity index (χ1v) is 6.41. The molecule has 2 aromatic carbocycles. The van der Waals surface area contributed by atoms with E-state index in [-0.39, 0.29) is 0 Å². The van der Waals surface area contributed by atoms with Crippen LogP contribution in [0.3, 0.4) is 0 Å². The van der Waals surface area contributed by atoms with Gasteiger partial charge < -0.3 is 10.5 Å². The molecule has 1 heterocycles. The van der Waals surface area contributed by atoms with E-state index >= 15 is 0 Å². The fourth-order valence-electron chi connectivity index (χ4n) is 2.15. The Balaban J connectivity index is 2.36. The van der Waals surface area contributed by atoms with Crippen molar-refractivity contribution in [3.8, 4) is 16.9 Å². The van der Waals surface area contributed by atoms with Gasteiger partial charge in [0.2, 0.25) is 0 Å². The van der Waals surface area contributed by atoms with Crippen LogP contribution in [0.4, 0.5) is 5.82 Å². The molecule has 2 N–H and O–H groups in total. The summed E-state index contributed by atoms with van der Waals surface area (Å²) in [7, 11) is 1.61. The van der Waals surface area contributed by atoms with Gasteiger partial charge in [0.05, 0.1) is 12.6 Å². The van der Waals surface area contributed by atoms with E-state index in [4.69, 9.17) is 22.1 Å². The number of nitrogen functional groups attached to an aromatic ring is 1. The van der Waals surface area contributed by atoms with Crippen LogP contribution in [0.25, 0.3) is 22.0 Å². The molecule has 0 unspecified atom stereocenters. The number of anilines is 1. The third-order valence-corrected chi connectivity index (χ3v) is 3.35. The number of aromatic nitrogens is 2. The highest BCUT2D eigenvalue weighted by molar-refractivity contribution is 6.30. The van der Waals surface area contributed by atoms with Crippen molar-refractivity contribution in [1.29, 1.82) is 0 Å². The van der Waals surface area contributed by atoms with Gasteiger partial charge >= 0.3 is 0 Å². The predicted octanol–water partition coefficient (Wildman–Crippen LogP) is 3.54. The zero-order valence-electron chi connectivity index (χ0n) is 10.8. The summed E-state index contributed by atoms with van der Waals surface area (Å²) in [5, 5.41) is 1.43. The molecule has 4 nitrogen and oxygen atoms in total. The highest BCUT2D eigenvalue weighted by Crippen LogP contribution is 2.34. The first-order chi connectivity index (χ1) is 9.69. The summed E-state index contributed by atoms with van der Waals surface area (Å²) >= 11 is 6.06. The monoisotopic (exact) mass is 285 g/mol. The first kappa shape index (κ1) is 12.7. The van der Waals surface area contributed by atoms with Gasteiger partial charge in [-0.1, -0.05) is 23.7 Å². The lowest BCUT2D eigenvalue weighted by Gasteiger charge is -2.10. The van der Waals surface area contributed by atoms with Gasteiger partial charge in [0.25, 0.3) is 0 Å². The Bertz CT molecular complexity index is 789. The third kappa shape index (κ3) is 2.14. The fourth-order valence-corrected chi connectivity index (χ4v) is 2.34. The number of nitrogens with zero attached hydrogens (tertiary/aromatic N) is 2. The second-order valence-corrected chi connectivity index (χ2v) is 4.78. The molecule has 100 valence electrons. The first-order valence-electron chi connectivity index (χ1n) is 6.03. The van der Waals surface area contributed by atoms with E-state index in [0.29, 0.717) is 16.6 Å². The zero-order chi connectivity index (χ0) is 14.1. The summed E-state index contributed by atoms with van der Waals surface area (Å²) in [6, 6.07) is 11.3. The Labute approximate surface area is 121 Å². The molecule has 3 rings (SSSR count). The summed E-state index contributed by atoms with van der Waals surface area (Å²) in [6.45, 7) is 0. The summed E-state index contributed by atoms with van der Waals surface area (Å²) in [4.78, 5) is 8.35. The van der Waals surface area contributed by atoms with Crippen molar-refractivity contribution in [1.82, 2.24) is 9.97 Å². The highest BCUT2D eigenvalue weighted by atomic mass is 35.5. The number of methoxy groups -OCH3 is 1. The van der Waals surface area contributed by atoms with Crippen LogP contribution < -0.4 is 10.5 Å². The Morgan fingerprint density at radius 2 is 2.00 bits per heavy atom. The smallest absolute Gasteiger partial charge is 0.134 e. The van der Waals surface area contributed by atoms with E-state index in [1.807, 2.05) is 36.4 Å². The van der Waals surface area contributed by atoms with Crippen LogP contribution in [-0.2, 0) is 0 Å². The number of hydrogen-bond donors (Lipinski definition) is 1. The predicted molar refractivity (Wildman–Crippen MR) is 80.9 cm³/mol. The molecule has 0 spiro atoms. The Kier molecular flexibility index (Phi) is 3.16. The Morgan fingerprint density at radius 1 is 1.15 bits per heavy atom. The zero-order valence-corrected chi connectivity index (χ0v) is 11.6. The van der Waals surface area contributed by atoms with E-state index < -0.39 is 0 Å². The second-order valence-electron chi connectivity index (χ2n) is 4.34. The molecule has 5 heteroatoms. The number of hydrogen-bond acceptors (Lipinski definition) is 4. The molecular weight excluding hydrogens is 274 g/mol. The summed E-state index contributed by atoms with van der Waals surface area (Å²) in [5.41, 5.74) is 8.57. The summed E-state index contributed by atoms with van der Waals surface area (Å²) in [6.07, 6.45) is 1.46. The van der Waals surface area contributed by atoms with Crippen LogP contribution in [-0.4, -0.2) is 17.1 Å². The van der Waals surface area contributed by atoms with E-state index in [0.717, 1.165) is 22.0 Å². The van der Waals surface area contributed by atoms with Gasteiger partial charge in [0.15, 0.2) is 0 Å². The molecule has 20 heavy (non-hydrogen) atoms. The molecule has 3 aromatic rings. The van der Waals surface area contributed by atoms with Gasteiger partial charge in [-0.2, -0.15) is 0 Å². The number of fused-ring (bicyclic) bond motifs is 1. The maximum absolute atomic E-state index is 6.06. The van der Waals surface area contributed by atoms with Crippen LogP contribution in [0, 0.1) is 0 Å². The van der Waals surface area contributed by atoms with Crippen LogP contribution in [0.2, 0.25) is 5.02 Å². The number of ether oxygens (including phenoxy) is 1. The molecule has 1 aromatic heterocycles. The lowest BCUT2D eigenvalue weighted by atomic mass is 10.0.